The zero-order chi connectivity index (χ0) is 18.8. The molecule has 134 valence electrons. The molecule has 2 rings (SSSR count). The lowest BCUT2D eigenvalue weighted by Gasteiger charge is -2.15. The van der Waals surface area contributed by atoms with E-state index in [0.717, 1.165) is 11.1 Å². The highest BCUT2D eigenvalue weighted by atomic mass is 79.9. The number of aromatic nitrogens is 2. The summed E-state index contributed by atoms with van der Waals surface area (Å²) in [4.78, 5) is 8.41. The molecular weight excluding hydrogens is 401 g/mol. The van der Waals surface area contributed by atoms with Gasteiger partial charge in [-0.05, 0) is 40.5 Å². The normalized spacial score (nSPS) is 12.3. The van der Waals surface area contributed by atoms with Crippen LogP contribution in [-0.2, 0) is 13.5 Å². The molecule has 0 fully saturated rings. The number of ether oxygens (including phenoxy) is 1. The molecule has 0 bridgehead atoms. The van der Waals surface area contributed by atoms with Gasteiger partial charge in [0, 0.05) is 30.9 Å². The number of nitrogens with zero attached hydrogens (tertiary/aromatic N) is 3. The van der Waals surface area contributed by atoms with Gasteiger partial charge >= 0.3 is 6.36 Å². The third-order valence-corrected chi connectivity index (χ3v) is 4.10. The summed E-state index contributed by atoms with van der Waals surface area (Å²) >= 11 is 3.09. The largest absolute Gasteiger partial charge is 0.573 e. The van der Waals surface area contributed by atoms with Gasteiger partial charge in [0.05, 0.1) is 4.47 Å². The van der Waals surface area contributed by atoms with Gasteiger partial charge in [-0.1, -0.05) is 12.6 Å². The van der Waals surface area contributed by atoms with Crippen LogP contribution < -0.4 is 16.1 Å². The van der Waals surface area contributed by atoms with E-state index in [0.29, 0.717) is 23.6 Å². The smallest absolute Gasteiger partial charge is 0.405 e. The minimum atomic E-state index is -4.74. The average Bonchev–Trinajstić information content (AvgIpc) is 2.50. The molecule has 0 aliphatic carbocycles. The Hall–Kier alpha value is -2.29. The molecule has 1 aromatic carbocycles. The van der Waals surface area contributed by atoms with Gasteiger partial charge in [0.15, 0.2) is 0 Å². The number of hydrogen-bond acceptors (Lipinski definition) is 4. The monoisotopic (exact) mass is 416 g/mol. The molecule has 0 spiro atoms. The number of halogens is 4. The van der Waals surface area contributed by atoms with E-state index in [1.807, 2.05) is 0 Å². The van der Waals surface area contributed by atoms with Crippen molar-refractivity contribution in [2.24, 2.45) is 12.0 Å². The third-order valence-electron chi connectivity index (χ3n) is 3.48. The maximum atomic E-state index is 12.3. The van der Waals surface area contributed by atoms with E-state index in [1.165, 1.54) is 12.3 Å². The van der Waals surface area contributed by atoms with Crippen LogP contribution in [0.4, 0.5) is 19.0 Å². The second-order valence-corrected chi connectivity index (χ2v) is 6.08. The highest BCUT2D eigenvalue weighted by molar-refractivity contribution is 9.10. The maximum Gasteiger partial charge on any atom is 0.573 e. The van der Waals surface area contributed by atoms with Crippen molar-refractivity contribution in [2.75, 3.05) is 5.73 Å². The standard InChI is InChI=1S/C16H16BrF3N4O/c1-4-22-15-23-9(2)11(14(21)24(15)3)7-10-5-6-13(12(17)8-10)25-16(18,19)20/h4-6,8H,1,7,21H2,2-3H3. The van der Waals surface area contributed by atoms with E-state index in [1.54, 1.807) is 30.7 Å². The van der Waals surface area contributed by atoms with Gasteiger partial charge in [0.25, 0.3) is 0 Å². The van der Waals surface area contributed by atoms with Crippen molar-refractivity contribution in [3.63, 3.8) is 0 Å². The molecule has 0 atom stereocenters. The van der Waals surface area contributed by atoms with E-state index in [4.69, 9.17) is 5.73 Å². The van der Waals surface area contributed by atoms with Crippen molar-refractivity contribution in [2.45, 2.75) is 19.7 Å². The molecule has 0 aliphatic rings. The highest BCUT2D eigenvalue weighted by Crippen LogP contribution is 2.32. The zero-order valence-electron chi connectivity index (χ0n) is 13.6. The minimum absolute atomic E-state index is 0.203. The Morgan fingerprint density at radius 3 is 2.68 bits per heavy atom. The SMILES string of the molecule is C=CN=c1nc(C)c(Cc2ccc(OC(F)(F)F)c(Br)c2)c(N)n1C. The summed E-state index contributed by atoms with van der Waals surface area (Å²) in [5, 5.41) is 0. The van der Waals surface area contributed by atoms with Gasteiger partial charge in [-0.25, -0.2) is 9.98 Å². The zero-order valence-corrected chi connectivity index (χ0v) is 15.1. The molecular formula is C16H16BrF3N4O. The summed E-state index contributed by atoms with van der Waals surface area (Å²) in [6, 6.07) is 4.36. The van der Waals surface area contributed by atoms with Gasteiger partial charge in [0.2, 0.25) is 5.62 Å². The molecule has 1 heterocycles. The summed E-state index contributed by atoms with van der Waals surface area (Å²) in [5.41, 5.74) is 8.78. The maximum absolute atomic E-state index is 12.3. The van der Waals surface area contributed by atoms with Crippen molar-refractivity contribution in [3.8, 4) is 5.75 Å². The number of nitrogens with two attached hydrogens (primary N) is 1. The van der Waals surface area contributed by atoms with Crippen LogP contribution in [0.5, 0.6) is 5.75 Å². The fourth-order valence-corrected chi connectivity index (χ4v) is 2.78. The van der Waals surface area contributed by atoms with Crippen molar-refractivity contribution >= 4 is 21.7 Å². The fourth-order valence-electron chi connectivity index (χ4n) is 2.27. The molecule has 0 unspecified atom stereocenters. The number of aryl methyl sites for hydroxylation is 1. The van der Waals surface area contributed by atoms with E-state index in [2.05, 4.69) is 37.2 Å². The highest BCUT2D eigenvalue weighted by Gasteiger charge is 2.31. The van der Waals surface area contributed by atoms with Crippen LogP contribution in [0, 0.1) is 6.92 Å². The summed E-state index contributed by atoms with van der Waals surface area (Å²) in [6.07, 6.45) is -2.97. The lowest BCUT2D eigenvalue weighted by molar-refractivity contribution is -0.274. The number of alkyl halides is 3. The Labute approximate surface area is 150 Å². The van der Waals surface area contributed by atoms with Gasteiger partial charge in [0.1, 0.15) is 11.6 Å². The van der Waals surface area contributed by atoms with E-state index >= 15 is 0 Å². The average molecular weight is 417 g/mol. The molecule has 2 N–H and O–H groups in total. The van der Waals surface area contributed by atoms with Crippen LogP contribution in [0.3, 0.4) is 0 Å². The van der Waals surface area contributed by atoms with Crippen molar-refractivity contribution in [1.29, 1.82) is 0 Å². The lowest BCUT2D eigenvalue weighted by Crippen LogP contribution is -2.27. The Morgan fingerprint density at radius 2 is 2.12 bits per heavy atom. The van der Waals surface area contributed by atoms with Crippen LogP contribution in [0.15, 0.2) is 40.4 Å². The summed E-state index contributed by atoms with van der Waals surface area (Å²) in [5.74, 6) is 0.171. The van der Waals surface area contributed by atoms with Gasteiger partial charge in [-0.2, -0.15) is 0 Å². The number of rotatable bonds is 4. The van der Waals surface area contributed by atoms with Crippen LogP contribution in [-0.4, -0.2) is 15.9 Å². The molecule has 0 aliphatic heterocycles. The summed E-state index contributed by atoms with van der Waals surface area (Å²) in [7, 11) is 1.73. The van der Waals surface area contributed by atoms with E-state index < -0.39 is 6.36 Å². The second-order valence-electron chi connectivity index (χ2n) is 5.22. The Morgan fingerprint density at radius 1 is 1.44 bits per heavy atom. The molecule has 2 aromatic rings. The fraction of sp³-hybridized carbons (Fsp3) is 0.250. The molecule has 25 heavy (non-hydrogen) atoms. The van der Waals surface area contributed by atoms with Crippen LogP contribution in [0.25, 0.3) is 0 Å². The Kier molecular flexibility index (Phi) is 5.56. The molecule has 0 saturated heterocycles. The second kappa shape index (κ2) is 7.30. The number of hydrogen-bond donors (Lipinski definition) is 1. The first-order valence-electron chi connectivity index (χ1n) is 7.13. The van der Waals surface area contributed by atoms with Crippen LogP contribution in [0.1, 0.15) is 16.8 Å². The molecule has 0 amide bonds. The summed E-state index contributed by atoms with van der Waals surface area (Å²) in [6.45, 7) is 5.33. The predicted octanol–water partition coefficient (Wildman–Crippen LogP) is 3.61. The number of benzene rings is 1. The topological polar surface area (TPSA) is 65.4 Å². The molecule has 9 heteroatoms. The first-order chi connectivity index (χ1) is 11.6. The summed E-state index contributed by atoms with van der Waals surface area (Å²) < 4.78 is 42.8. The Bertz CT molecular complexity index is 875. The molecule has 0 saturated carbocycles. The predicted molar refractivity (Wildman–Crippen MR) is 91.7 cm³/mol. The van der Waals surface area contributed by atoms with E-state index in [9.17, 15) is 13.2 Å². The quantitative estimate of drug-likeness (QED) is 0.827. The van der Waals surface area contributed by atoms with Crippen LogP contribution >= 0.6 is 15.9 Å². The van der Waals surface area contributed by atoms with Crippen LogP contribution in [0.2, 0.25) is 0 Å². The van der Waals surface area contributed by atoms with E-state index in [-0.39, 0.29) is 10.2 Å². The molecule has 0 radical (unpaired) electrons. The Balaban J connectivity index is 2.38. The van der Waals surface area contributed by atoms with Gasteiger partial charge in [-0.15, -0.1) is 13.2 Å². The van der Waals surface area contributed by atoms with Crippen molar-refractivity contribution < 1.29 is 17.9 Å². The number of nitrogen functional groups attached to an aromatic ring is 1. The third kappa shape index (κ3) is 4.62. The minimum Gasteiger partial charge on any atom is -0.405 e. The van der Waals surface area contributed by atoms with Crippen molar-refractivity contribution in [3.05, 3.63) is 57.9 Å². The molecule has 1 aromatic heterocycles. The lowest BCUT2D eigenvalue weighted by atomic mass is 10.0. The van der Waals surface area contributed by atoms with Gasteiger partial charge in [-0.3, -0.25) is 4.57 Å². The first kappa shape index (κ1) is 19.0. The molecule has 5 nitrogen and oxygen atoms in total. The first-order valence-corrected chi connectivity index (χ1v) is 7.92. The van der Waals surface area contributed by atoms with Crippen molar-refractivity contribution in [1.82, 2.24) is 9.55 Å². The van der Waals surface area contributed by atoms with Gasteiger partial charge < -0.3 is 10.5 Å². The number of anilines is 1.